The second-order valence-corrected chi connectivity index (χ2v) is 6.52. The molecule has 0 N–H and O–H groups in total. The number of nitriles is 1. The molecule has 0 spiro atoms. The van der Waals surface area contributed by atoms with Crippen LogP contribution in [0.2, 0.25) is 5.02 Å². The first-order valence-corrected chi connectivity index (χ1v) is 7.44. The highest BCUT2D eigenvalue weighted by Gasteiger charge is 2.36. The highest BCUT2D eigenvalue weighted by atomic mass is 35.5. The van der Waals surface area contributed by atoms with E-state index in [2.05, 4.69) is 24.9 Å². The fourth-order valence-corrected chi connectivity index (χ4v) is 3.29. The zero-order chi connectivity index (χ0) is 13.9. The predicted octanol–water partition coefficient (Wildman–Crippen LogP) is 4.63. The van der Waals surface area contributed by atoms with E-state index in [1.165, 1.54) is 0 Å². The van der Waals surface area contributed by atoms with Crippen molar-refractivity contribution in [1.29, 1.82) is 5.26 Å². The van der Waals surface area contributed by atoms with Crippen molar-refractivity contribution in [3.8, 4) is 6.07 Å². The van der Waals surface area contributed by atoms with E-state index in [4.69, 9.17) is 11.6 Å². The van der Waals surface area contributed by atoms with E-state index >= 15 is 0 Å². The molecule has 1 aromatic heterocycles. The molecule has 0 aliphatic heterocycles. The molecule has 2 rings (SSSR count). The molecule has 0 aromatic carbocycles. The topological polar surface area (TPSA) is 36.7 Å². The Morgan fingerprint density at radius 2 is 2.16 bits per heavy atom. The molecule has 1 fully saturated rings. The molecule has 0 amide bonds. The van der Waals surface area contributed by atoms with Crippen LogP contribution in [0.1, 0.15) is 45.1 Å². The maximum Gasteiger partial charge on any atom is 0.0693 e. The fourth-order valence-electron chi connectivity index (χ4n) is 3.10. The molecule has 0 radical (unpaired) electrons. The van der Waals surface area contributed by atoms with Gasteiger partial charge in [-0.05, 0) is 55.6 Å². The summed E-state index contributed by atoms with van der Waals surface area (Å²) in [7, 11) is 0. The Morgan fingerprint density at radius 3 is 2.68 bits per heavy atom. The van der Waals surface area contributed by atoms with Crippen LogP contribution in [0.5, 0.6) is 0 Å². The van der Waals surface area contributed by atoms with E-state index in [1.807, 2.05) is 6.07 Å². The number of nitrogens with zero attached hydrogens (tertiary/aromatic N) is 2. The lowest BCUT2D eigenvalue weighted by molar-refractivity contribution is 0.175. The van der Waals surface area contributed by atoms with Gasteiger partial charge >= 0.3 is 0 Å². The van der Waals surface area contributed by atoms with Gasteiger partial charge in [-0.25, -0.2) is 0 Å². The number of hydrogen-bond donors (Lipinski definition) is 0. The molecular weight excluding hydrogens is 256 g/mol. The van der Waals surface area contributed by atoms with Crippen LogP contribution in [-0.2, 0) is 6.42 Å². The second kappa shape index (κ2) is 5.92. The average Bonchev–Trinajstić information content (AvgIpc) is 2.42. The number of pyridine rings is 1. The summed E-state index contributed by atoms with van der Waals surface area (Å²) < 4.78 is 0. The second-order valence-electron chi connectivity index (χ2n) is 6.12. The van der Waals surface area contributed by atoms with Crippen molar-refractivity contribution < 1.29 is 0 Å². The summed E-state index contributed by atoms with van der Waals surface area (Å²) in [5.74, 6) is 1.50. The minimum atomic E-state index is -0.226. The van der Waals surface area contributed by atoms with Crippen LogP contribution >= 0.6 is 11.6 Å². The number of aromatic nitrogens is 1. The van der Waals surface area contributed by atoms with E-state index < -0.39 is 0 Å². The molecule has 1 aromatic rings. The van der Waals surface area contributed by atoms with Gasteiger partial charge in [0.25, 0.3) is 0 Å². The van der Waals surface area contributed by atoms with Crippen LogP contribution < -0.4 is 0 Å². The third-order valence-electron chi connectivity index (χ3n) is 4.55. The summed E-state index contributed by atoms with van der Waals surface area (Å²) in [4.78, 5) is 4.01. The molecular formula is C16H21ClN2. The molecule has 0 bridgehead atoms. The van der Waals surface area contributed by atoms with Gasteiger partial charge in [0, 0.05) is 12.4 Å². The SMILES string of the molecule is CC(C)C1CCC(C#N)(Cc2ccncc2Cl)CC1. The molecule has 0 unspecified atom stereocenters. The molecule has 0 atom stereocenters. The zero-order valence-corrected chi connectivity index (χ0v) is 12.5. The first-order chi connectivity index (χ1) is 9.06. The van der Waals surface area contributed by atoms with Crippen molar-refractivity contribution >= 4 is 11.6 Å². The van der Waals surface area contributed by atoms with Gasteiger partial charge in [-0.2, -0.15) is 5.26 Å². The smallest absolute Gasteiger partial charge is 0.0693 e. The first-order valence-electron chi connectivity index (χ1n) is 7.06. The summed E-state index contributed by atoms with van der Waals surface area (Å²) >= 11 is 6.17. The van der Waals surface area contributed by atoms with Crippen molar-refractivity contribution in [2.24, 2.45) is 17.3 Å². The maximum atomic E-state index is 9.61. The molecule has 1 aliphatic carbocycles. The average molecular weight is 277 g/mol. The Kier molecular flexibility index (Phi) is 4.47. The van der Waals surface area contributed by atoms with Crippen LogP contribution in [0.15, 0.2) is 18.5 Å². The largest absolute Gasteiger partial charge is 0.263 e. The van der Waals surface area contributed by atoms with Crippen LogP contribution in [0, 0.1) is 28.6 Å². The minimum Gasteiger partial charge on any atom is -0.263 e. The van der Waals surface area contributed by atoms with E-state index in [9.17, 15) is 5.26 Å². The van der Waals surface area contributed by atoms with Crippen LogP contribution in [0.4, 0.5) is 0 Å². The third-order valence-corrected chi connectivity index (χ3v) is 4.89. The van der Waals surface area contributed by atoms with Gasteiger partial charge < -0.3 is 0 Å². The van der Waals surface area contributed by atoms with Crippen molar-refractivity contribution in [1.82, 2.24) is 4.98 Å². The predicted molar refractivity (Wildman–Crippen MR) is 77.8 cm³/mol. The van der Waals surface area contributed by atoms with E-state index in [0.717, 1.165) is 49.5 Å². The Labute approximate surface area is 120 Å². The molecule has 3 heteroatoms. The van der Waals surface area contributed by atoms with Gasteiger partial charge in [0.1, 0.15) is 0 Å². The lowest BCUT2D eigenvalue weighted by Crippen LogP contribution is -2.30. The maximum absolute atomic E-state index is 9.61. The van der Waals surface area contributed by atoms with Gasteiger partial charge in [0.15, 0.2) is 0 Å². The van der Waals surface area contributed by atoms with Gasteiger partial charge in [0.05, 0.1) is 16.5 Å². The lowest BCUT2D eigenvalue weighted by atomic mass is 9.66. The molecule has 1 aliphatic rings. The molecule has 19 heavy (non-hydrogen) atoms. The Bertz CT molecular complexity index is 468. The summed E-state index contributed by atoms with van der Waals surface area (Å²) in [5.41, 5.74) is 0.831. The van der Waals surface area contributed by atoms with Gasteiger partial charge in [-0.3, -0.25) is 4.98 Å². The number of hydrogen-bond acceptors (Lipinski definition) is 2. The third kappa shape index (κ3) is 3.28. The van der Waals surface area contributed by atoms with Gasteiger partial charge in [-0.15, -0.1) is 0 Å². The van der Waals surface area contributed by atoms with Crippen molar-refractivity contribution in [3.05, 3.63) is 29.0 Å². The van der Waals surface area contributed by atoms with Crippen molar-refractivity contribution in [3.63, 3.8) is 0 Å². The van der Waals surface area contributed by atoms with Crippen LogP contribution in [0.25, 0.3) is 0 Å². The number of halogens is 1. The van der Waals surface area contributed by atoms with Crippen LogP contribution in [0.3, 0.4) is 0 Å². The van der Waals surface area contributed by atoms with Gasteiger partial charge in [0.2, 0.25) is 0 Å². The summed E-state index contributed by atoms with van der Waals surface area (Å²) in [6.45, 7) is 4.56. The zero-order valence-electron chi connectivity index (χ0n) is 11.7. The molecule has 0 saturated heterocycles. The lowest BCUT2D eigenvalue weighted by Gasteiger charge is -2.36. The Balaban J connectivity index is 2.10. The Morgan fingerprint density at radius 1 is 1.47 bits per heavy atom. The quantitative estimate of drug-likeness (QED) is 0.807. The minimum absolute atomic E-state index is 0.226. The van der Waals surface area contributed by atoms with Crippen LogP contribution in [-0.4, -0.2) is 4.98 Å². The normalized spacial score (nSPS) is 27.2. The van der Waals surface area contributed by atoms with E-state index in [-0.39, 0.29) is 5.41 Å². The first kappa shape index (κ1) is 14.3. The van der Waals surface area contributed by atoms with E-state index in [1.54, 1.807) is 12.4 Å². The van der Waals surface area contributed by atoms with Crippen molar-refractivity contribution in [2.75, 3.05) is 0 Å². The Hall–Kier alpha value is -1.07. The fraction of sp³-hybridized carbons (Fsp3) is 0.625. The molecule has 1 saturated carbocycles. The highest BCUT2D eigenvalue weighted by molar-refractivity contribution is 6.31. The molecule has 102 valence electrons. The highest BCUT2D eigenvalue weighted by Crippen LogP contribution is 2.43. The summed E-state index contributed by atoms with van der Waals surface area (Å²) in [6.07, 6.45) is 8.49. The van der Waals surface area contributed by atoms with Crippen molar-refractivity contribution in [2.45, 2.75) is 46.0 Å². The molecule has 1 heterocycles. The summed E-state index contributed by atoms with van der Waals surface area (Å²) in [6, 6.07) is 4.51. The standard InChI is InChI=1S/C16H21ClN2/c1-12(2)13-3-6-16(11-18,7-4-13)9-14-5-8-19-10-15(14)17/h5,8,10,12-13H,3-4,6-7,9H2,1-2H3. The van der Waals surface area contributed by atoms with Gasteiger partial charge in [-0.1, -0.05) is 25.4 Å². The number of rotatable bonds is 3. The molecule has 2 nitrogen and oxygen atoms in total. The summed E-state index contributed by atoms with van der Waals surface area (Å²) in [5, 5.41) is 10.3. The van der Waals surface area contributed by atoms with E-state index in [0.29, 0.717) is 5.02 Å². The monoisotopic (exact) mass is 276 g/mol.